The Kier molecular flexibility index (Phi) is 6.26. The molecule has 1 aliphatic rings. The van der Waals surface area contributed by atoms with Crippen LogP contribution in [0.15, 0.2) is 76.0 Å². The minimum atomic E-state index is -3.57. The monoisotopic (exact) mass is 497 g/mol. The van der Waals surface area contributed by atoms with Crippen LogP contribution in [-0.2, 0) is 27.1 Å². The van der Waals surface area contributed by atoms with E-state index in [0.717, 1.165) is 11.1 Å². The van der Waals surface area contributed by atoms with Gasteiger partial charge in [0.05, 0.1) is 29.0 Å². The van der Waals surface area contributed by atoms with Crippen LogP contribution in [0.3, 0.4) is 0 Å². The zero-order valence-corrected chi connectivity index (χ0v) is 20.0. The van der Waals surface area contributed by atoms with Crippen molar-refractivity contribution in [2.45, 2.75) is 22.3 Å². The molecule has 0 spiro atoms. The summed E-state index contributed by atoms with van der Waals surface area (Å²) in [5, 5.41) is 9.78. The SMILES string of the molecule is C=CCn1c(=O)c2ccccc2n2c(SCc3cccc(S(=O)(=O)N4CCOCC4)c3)nnc12. The summed E-state index contributed by atoms with van der Waals surface area (Å²) in [7, 11) is -3.57. The Morgan fingerprint density at radius 1 is 1.09 bits per heavy atom. The van der Waals surface area contributed by atoms with Gasteiger partial charge in [0.15, 0.2) is 5.16 Å². The molecule has 176 valence electrons. The van der Waals surface area contributed by atoms with E-state index in [1.807, 2.05) is 28.7 Å². The molecule has 0 amide bonds. The lowest BCUT2D eigenvalue weighted by molar-refractivity contribution is 0.0730. The number of allylic oxidation sites excluding steroid dienone is 1. The lowest BCUT2D eigenvalue weighted by atomic mass is 10.2. The Balaban J connectivity index is 1.48. The number of ether oxygens (including phenoxy) is 1. The molecule has 3 heterocycles. The van der Waals surface area contributed by atoms with Gasteiger partial charge in [0, 0.05) is 25.4 Å². The van der Waals surface area contributed by atoms with Crippen LogP contribution >= 0.6 is 11.8 Å². The van der Waals surface area contributed by atoms with Gasteiger partial charge in [-0.05, 0) is 29.8 Å². The fourth-order valence-corrected chi connectivity index (χ4v) is 6.36. The van der Waals surface area contributed by atoms with Crippen molar-refractivity contribution in [3.63, 3.8) is 0 Å². The average Bonchev–Trinajstić information content (AvgIpc) is 3.30. The zero-order chi connectivity index (χ0) is 23.7. The molecule has 9 nitrogen and oxygen atoms in total. The highest BCUT2D eigenvalue weighted by Crippen LogP contribution is 2.26. The Bertz CT molecular complexity index is 1540. The van der Waals surface area contributed by atoms with Gasteiger partial charge in [-0.1, -0.05) is 42.1 Å². The van der Waals surface area contributed by atoms with E-state index in [2.05, 4.69) is 16.8 Å². The summed E-state index contributed by atoms with van der Waals surface area (Å²) in [5.74, 6) is 0.928. The van der Waals surface area contributed by atoms with E-state index < -0.39 is 10.0 Å². The number of thioether (sulfide) groups is 1. The first-order valence-corrected chi connectivity index (χ1v) is 13.2. The minimum absolute atomic E-state index is 0.145. The van der Waals surface area contributed by atoms with Crippen molar-refractivity contribution < 1.29 is 13.2 Å². The first kappa shape index (κ1) is 22.8. The fraction of sp³-hybridized carbons (Fsp3) is 0.261. The van der Waals surface area contributed by atoms with Gasteiger partial charge in [-0.25, -0.2) is 8.42 Å². The van der Waals surface area contributed by atoms with Crippen LogP contribution in [0, 0.1) is 0 Å². The number of hydrogen-bond acceptors (Lipinski definition) is 7. The van der Waals surface area contributed by atoms with Gasteiger partial charge in [0.25, 0.3) is 5.56 Å². The Morgan fingerprint density at radius 2 is 1.88 bits per heavy atom. The maximum absolute atomic E-state index is 13.0. The van der Waals surface area contributed by atoms with Crippen molar-refractivity contribution in [1.82, 2.24) is 23.5 Å². The molecule has 34 heavy (non-hydrogen) atoms. The van der Waals surface area contributed by atoms with Crippen LogP contribution in [-0.4, -0.2) is 58.2 Å². The van der Waals surface area contributed by atoms with Gasteiger partial charge in [-0.15, -0.1) is 16.8 Å². The van der Waals surface area contributed by atoms with Crippen molar-refractivity contribution in [2.24, 2.45) is 0 Å². The van der Waals surface area contributed by atoms with E-state index in [4.69, 9.17) is 4.74 Å². The van der Waals surface area contributed by atoms with Gasteiger partial charge in [-0.3, -0.25) is 13.8 Å². The molecule has 11 heteroatoms. The molecule has 0 aliphatic carbocycles. The summed E-state index contributed by atoms with van der Waals surface area (Å²) < 4.78 is 36.2. The second kappa shape index (κ2) is 9.34. The molecular formula is C23H23N5O4S2. The van der Waals surface area contributed by atoms with E-state index in [1.165, 1.54) is 16.1 Å². The molecular weight excluding hydrogens is 474 g/mol. The number of benzene rings is 2. The fourth-order valence-electron chi connectivity index (χ4n) is 4.00. The molecule has 0 radical (unpaired) electrons. The third kappa shape index (κ3) is 4.05. The topological polar surface area (TPSA) is 98.8 Å². The number of morpholine rings is 1. The van der Waals surface area contributed by atoms with Crippen molar-refractivity contribution in [3.05, 3.63) is 77.1 Å². The maximum atomic E-state index is 13.0. The number of rotatable bonds is 7. The first-order valence-electron chi connectivity index (χ1n) is 10.8. The summed E-state index contributed by atoms with van der Waals surface area (Å²) in [4.78, 5) is 13.2. The van der Waals surface area contributed by atoms with Crippen LogP contribution in [0.25, 0.3) is 16.7 Å². The third-order valence-electron chi connectivity index (χ3n) is 5.66. The van der Waals surface area contributed by atoms with Gasteiger partial charge >= 0.3 is 0 Å². The molecule has 0 saturated carbocycles. The molecule has 4 aromatic rings. The normalized spacial score (nSPS) is 15.2. The van der Waals surface area contributed by atoms with Crippen LogP contribution in [0.5, 0.6) is 0 Å². The van der Waals surface area contributed by atoms with E-state index in [-0.39, 0.29) is 10.5 Å². The van der Waals surface area contributed by atoms with E-state index in [0.29, 0.717) is 54.9 Å². The van der Waals surface area contributed by atoms with E-state index in [9.17, 15) is 13.2 Å². The predicted molar refractivity (Wildman–Crippen MR) is 131 cm³/mol. The number of para-hydroxylation sites is 1. The van der Waals surface area contributed by atoms with Crippen LogP contribution in [0.4, 0.5) is 0 Å². The minimum Gasteiger partial charge on any atom is -0.379 e. The molecule has 5 rings (SSSR count). The summed E-state index contributed by atoms with van der Waals surface area (Å²) in [6, 6.07) is 14.3. The maximum Gasteiger partial charge on any atom is 0.263 e. The zero-order valence-electron chi connectivity index (χ0n) is 18.3. The summed E-state index contributed by atoms with van der Waals surface area (Å²) >= 11 is 1.43. The largest absolute Gasteiger partial charge is 0.379 e. The van der Waals surface area contributed by atoms with Crippen molar-refractivity contribution in [3.8, 4) is 0 Å². The molecule has 1 saturated heterocycles. The van der Waals surface area contributed by atoms with Crippen molar-refractivity contribution >= 4 is 38.5 Å². The van der Waals surface area contributed by atoms with Gasteiger partial charge in [0.2, 0.25) is 15.8 Å². The molecule has 0 N–H and O–H groups in total. The number of nitrogens with zero attached hydrogens (tertiary/aromatic N) is 5. The van der Waals surface area contributed by atoms with Gasteiger partial charge in [0.1, 0.15) is 0 Å². The Morgan fingerprint density at radius 3 is 2.68 bits per heavy atom. The van der Waals surface area contributed by atoms with Gasteiger partial charge < -0.3 is 4.74 Å². The van der Waals surface area contributed by atoms with Crippen molar-refractivity contribution in [1.29, 1.82) is 0 Å². The van der Waals surface area contributed by atoms with Gasteiger partial charge in [-0.2, -0.15) is 4.31 Å². The highest BCUT2D eigenvalue weighted by molar-refractivity contribution is 7.98. The summed E-state index contributed by atoms with van der Waals surface area (Å²) in [6.45, 7) is 5.58. The van der Waals surface area contributed by atoms with Crippen molar-refractivity contribution in [2.75, 3.05) is 26.3 Å². The lowest BCUT2D eigenvalue weighted by Crippen LogP contribution is -2.40. The first-order chi connectivity index (χ1) is 16.5. The van der Waals surface area contributed by atoms with E-state index in [1.54, 1.807) is 34.9 Å². The molecule has 2 aromatic heterocycles. The molecule has 0 bridgehead atoms. The highest BCUT2D eigenvalue weighted by atomic mass is 32.2. The predicted octanol–water partition coefficient (Wildman–Crippen LogP) is 2.54. The number of aromatic nitrogens is 4. The molecule has 0 unspecified atom stereocenters. The van der Waals surface area contributed by atoms with E-state index >= 15 is 0 Å². The van der Waals surface area contributed by atoms with Crippen LogP contribution in [0.2, 0.25) is 0 Å². The second-order valence-corrected chi connectivity index (χ2v) is 10.7. The van der Waals surface area contributed by atoms with Crippen LogP contribution < -0.4 is 5.56 Å². The Hall–Kier alpha value is -2.99. The smallest absolute Gasteiger partial charge is 0.263 e. The molecule has 2 aromatic carbocycles. The average molecular weight is 498 g/mol. The number of sulfonamides is 1. The second-order valence-electron chi connectivity index (χ2n) is 7.79. The summed E-state index contributed by atoms with van der Waals surface area (Å²) in [5.41, 5.74) is 1.42. The molecule has 1 aliphatic heterocycles. The third-order valence-corrected chi connectivity index (χ3v) is 8.56. The molecule has 0 atom stereocenters. The number of hydrogen-bond donors (Lipinski definition) is 0. The lowest BCUT2D eigenvalue weighted by Gasteiger charge is -2.26. The number of fused-ring (bicyclic) bond motifs is 3. The summed E-state index contributed by atoms with van der Waals surface area (Å²) in [6.07, 6.45) is 1.65. The Labute approximate surface area is 200 Å². The quantitative estimate of drug-likeness (QED) is 0.286. The standard InChI is InChI=1S/C23H23N5O4S2/c1-2-10-27-21(29)19-8-3-4-9-20(19)28-22(27)24-25-23(28)33-16-17-6-5-7-18(15-17)34(30,31)26-11-13-32-14-12-26/h2-9,15H,1,10-14,16H2. The highest BCUT2D eigenvalue weighted by Gasteiger charge is 2.26. The molecule has 1 fully saturated rings. The van der Waals surface area contributed by atoms with Crippen LogP contribution in [0.1, 0.15) is 5.56 Å².